The van der Waals surface area contributed by atoms with E-state index < -0.39 is 0 Å². The molecule has 2 unspecified atom stereocenters. The van der Waals surface area contributed by atoms with Crippen molar-refractivity contribution < 1.29 is 4.74 Å². The Labute approximate surface area is 106 Å². The fraction of sp³-hybridized carbons (Fsp3) is 1.00. The first-order valence-electron chi connectivity index (χ1n) is 6.81. The highest BCUT2D eigenvalue weighted by Gasteiger charge is 2.21. The molecule has 0 spiro atoms. The van der Waals surface area contributed by atoms with Crippen LogP contribution < -0.4 is 5.32 Å². The Hall–Kier alpha value is -0.160. The van der Waals surface area contributed by atoms with Crippen LogP contribution in [0.5, 0.6) is 0 Å². The fourth-order valence-electron chi connectivity index (χ4n) is 2.35. The summed E-state index contributed by atoms with van der Waals surface area (Å²) in [6.45, 7) is 11.0. The van der Waals surface area contributed by atoms with E-state index >= 15 is 0 Å². The molecule has 0 aromatic carbocycles. The lowest BCUT2D eigenvalue weighted by molar-refractivity contribution is -0.0674. The smallest absolute Gasteiger partial charge is 0.0678 e. The van der Waals surface area contributed by atoms with Gasteiger partial charge in [0.1, 0.15) is 0 Å². The second-order valence-corrected chi connectivity index (χ2v) is 5.42. The van der Waals surface area contributed by atoms with Gasteiger partial charge in [-0.1, -0.05) is 0 Å². The molecule has 1 fully saturated rings. The number of nitrogens with zero attached hydrogens (tertiary/aromatic N) is 2. The van der Waals surface area contributed by atoms with E-state index in [-0.39, 0.29) is 0 Å². The summed E-state index contributed by atoms with van der Waals surface area (Å²) >= 11 is 0. The van der Waals surface area contributed by atoms with Crippen LogP contribution in [-0.4, -0.2) is 75.4 Å². The van der Waals surface area contributed by atoms with Gasteiger partial charge in [-0.3, -0.25) is 4.90 Å². The number of rotatable bonds is 7. The molecular formula is C13H29N3O. The van der Waals surface area contributed by atoms with Crippen molar-refractivity contribution in [2.24, 2.45) is 0 Å². The van der Waals surface area contributed by atoms with Crippen LogP contribution in [0.3, 0.4) is 0 Å². The van der Waals surface area contributed by atoms with E-state index in [2.05, 4.69) is 43.1 Å². The van der Waals surface area contributed by atoms with Crippen molar-refractivity contribution in [3.8, 4) is 0 Å². The Morgan fingerprint density at radius 1 is 1.18 bits per heavy atom. The van der Waals surface area contributed by atoms with Crippen LogP contribution in [0.25, 0.3) is 0 Å². The van der Waals surface area contributed by atoms with Crippen LogP contribution in [0.4, 0.5) is 0 Å². The lowest BCUT2D eigenvalue weighted by Gasteiger charge is -2.35. The minimum absolute atomic E-state index is 0.382. The van der Waals surface area contributed by atoms with Gasteiger partial charge in [0.25, 0.3) is 0 Å². The number of ether oxygens (including phenoxy) is 1. The first kappa shape index (κ1) is 14.9. The van der Waals surface area contributed by atoms with E-state index in [0.29, 0.717) is 12.2 Å². The molecule has 4 nitrogen and oxygen atoms in total. The maximum absolute atomic E-state index is 5.72. The monoisotopic (exact) mass is 243 g/mol. The molecule has 102 valence electrons. The maximum atomic E-state index is 5.72. The minimum atomic E-state index is 0.382. The first-order chi connectivity index (χ1) is 8.08. The zero-order valence-electron chi connectivity index (χ0n) is 11.9. The van der Waals surface area contributed by atoms with Crippen molar-refractivity contribution in [2.45, 2.75) is 32.5 Å². The average molecular weight is 243 g/mol. The van der Waals surface area contributed by atoms with E-state index in [4.69, 9.17) is 4.74 Å². The third-order valence-corrected chi connectivity index (χ3v) is 3.06. The van der Waals surface area contributed by atoms with Crippen LogP contribution in [-0.2, 0) is 4.74 Å². The summed E-state index contributed by atoms with van der Waals surface area (Å²) in [5.41, 5.74) is 0. The zero-order chi connectivity index (χ0) is 12.7. The fourth-order valence-corrected chi connectivity index (χ4v) is 2.35. The van der Waals surface area contributed by atoms with Crippen LogP contribution in [0.15, 0.2) is 0 Å². The van der Waals surface area contributed by atoms with Gasteiger partial charge >= 0.3 is 0 Å². The zero-order valence-corrected chi connectivity index (χ0v) is 11.9. The van der Waals surface area contributed by atoms with Crippen molar-refractivity contribution in [2.75, 3.05) is 53.4 Å². The molecule has 1 rings (SSSR count). The molecule has 0 saturated carbocycles. The van der Waals surface area contributed by atoms with E-state index in [1.165, 1.54) is 13.0 Å². The third-order valence-electron chi connectivity index (χ3n) is 3.06. The molecule has 0 amide bonds. The number of hydrogen-bond acceptors (Lipinski definition) is 4. The molecule has 0 bridgehead atoms. The summed E-state index contributed by atoms with van der Waals surface area (Å²) in [6.07, 6.45) is 1.99. The molecule has 0 aliphatic carbocycles. The van der Waals surface area contributed by atoms with Gasteiger partial charge < -0.3 is 15.0 Å². The van der Waals surface area contributed by atoms with Crippen LogP contribution >= 0.6 is 0 Å². The van der Waals surface area contributed by atoms with Crippen molar-refractivity contribution in [3.63, 3.8) is 0 Å². The molecule has 4 heteroatoms. The largest absolute Gasteiger partial charge is 0.373 e. The Morgan fingerprint density at radius 2 is 1.82 bits per heavy atom. The lowest BCUT2D eigenvalue weighted by atomic mass is 10.2. The molecule has 1 heterocycles. The van der Waals surface area contributed by atoms with Crippen LogP contribution in [0.1, 0.15) is 20.3 Å². The summed E-state index contributed by atoms with van der Waals surface area (Å²) in [5, 5.41) is 3.51. The quantitative estimate of drug-likeness (QED) is 0.664. The summed E-state index contributed by atoms with van der Waals surface area (Å²) < 4.78 is 5.72. The van der Waals surface area contributed by atoms with Crippen LogP contribution in [0.2, 0.25) is 0 Å². The van der Waals surface area contributed by atoms with Gasteiger partial charge in [-0.05, 0) is 47.5 Å². The van der Waals surface area contributed by atoms with E-state index in [0.717, 1.165) is 32.7 Å². The van der Waals surface area contributed by atoms with Gasteiger partial charge in [-0.25, -0.2) is 0 Å². The summed E-state index contributed by atoms with van der Waals surface area (Å²) in [6, 6.07) is 0. The van der Waals surface area contributed by atoms with E-state index in [1.807, 2.05) is 0 Å². The first-order valence-corrected chi connectivity index (χ1v) is 6.81. The highest BCUT2D eigenvalue weighted by molar-refractivity contribution is 4.73. The van der Waals surface area contributed by atoms with Gasteiger partial charge in [0.2, 0.25) is 0 Å². The topological polar surface area (TPSA) is 27.7 Å². The summed E-state index contributed by atoms with van der Waals surface area (Å²) in [4.78, 5) is 4.73. The maximum Gasteiger partial charge on any atom is 0.0678 e. The Balaban J connectivity index is 1.98. The molecule has 1 N–H and O–H groups in total. The predicted octanol–water partition coefficient (Wildman–Crippen LogP) is 0.637. The molecular weight excluding hydrogens is 214 g/mol. The lowest BCUT2D eigenvalue weighted by Crippen LogP contribution is -2.47. The standard InChI is InChI=1S/C13H29N3O/c1-12-10-16(11-13(2)17-12)9-7-14-6-5-8-15(3)4/h12-14H,5-11H2,1-4H3. The summed E-state index contributed by atoms with van der Waals surface area (Å²) in [5.74, 6) is 0. The van der Waals surface area contributed by atoms with Crippen molar-refractivity contribution in [1.82, 2.24) is 15.1 Å². The Bertz CT molecular complexity index is 189. The van der Waals surface area contributed by atoms with Gasteiger partial charge in [-0.2, -0.15) is 0 Å². The second kappa shape index (κ2) is 8.03. The molecule has 1 aliphatic heterocycles. The van der Waals surface area contributed by atoms with Gasteiger partial charge in [0, 0.05) is 26.2 Å². The molecule has 17 heavy (non-hydrogen) atoms. The molecule has 2 atom stereocenters. The van der Waals surface area contributed by atoms with Crippen molar-refractivity contribution >= 4 is 0 Å². The molecule has 0 aromatic rings. The van der Waals surface area contributed by atoms with Gasteiger partial charge in [0.15, 0.2) is 0 Å². The molecule has 1 aliphatic rings. The number of hydrogen-bond donors (Lipinski definition) is 1. The number of morpholine rings is 1. The molecule has 0 radical (unpaired) electrons. The van der Waals surface area contributed by atoms with E-state index in [9.17, 15) is 0 Å². The van der Waals surface area contributed by atoms with Crippen LogP contribution in [0, 0.1) is 0 Å². The minimum Gasteiger partial charge on any atom is -0.373 e. The highest BCUT2D eigenvalue weighted by atomic mass is 16.5. The van der Waals surface area contributed by atoms with Crippen molar-refractivity contribution in [3.05, 3.63) is 0 Å². The predicted molar refractivity (Wildman–Crippen MR) is 72.5 cm³/mol. The Morgan fingerprint density at radius 3 is 2.41 bits per heavy atom. The highest BCUT2D eigenvalue weighted by Crippen LogP contribution is 2.09. The second-order valence-electron chi connectivity index (χ2n) is 5.42. The normalized spacial score (nSPS) is 26.6. The average Bonchev–Trinajstić information content (AvgIpc) is 2.21. The SMILES string of the molecule is CC1CN(CCNCCCN(C)C)CC(C)O1. The number of nitrogens with one attached hydrogen (secondary N) is 1. The Kier molecular flexibility index (Phi) is 7.04. The molecule has 0 aromatic heterocycles. The summed E-state index contributed by atoms with van der Waals surface area (Å²) in [7, 11) is 4.24. The van der Waals surface area contributed by atoms with E-state index in [1.54, 1.807) is 0 Å². The molecule has 1 saturated heterocycles. The van der Waals surface area contributed by atoms with Gasteiger partial charge in [0.05, 0.1) is 12.2 Å². The van der Waals surface area contributed by atoms with Crippen molar-refractivity contribution in [1.29, 1.82) is 0 Å². The van der Waals surface area contributed by atoms with Gasteiger partial charge in [-0.15, -0.1) is 0 Å². The third kappa shape index (κ3) is 6.99.